The number of amides is 1. The normalized spacial score (nSPS) is 12.4. The lowest BCUT2D eigenvalue weighted by atomic mass is 10.1. The number of anilines is 1. The van der Waals surface area contributed by atoms with Gasteiger partial charge in [-0.1, -0.05) is 58.4 Å². The van der Waals surface area contributed by atoms with Crippen molar-refractivity contribution >= 4 is 37.5 Å². The molecule has 1 amide bonds. The Morgan fingerprint density at radius 1 is 0.969 bits per heavy atom. The van der Waals surface area contributed by atoms with Gasteiger partial charge in [0.2, 0.25) is 15.9 Å². The van der Waals surface area contributed by atoms with E-state index in [1.165, 1.54) is 0 Å². The van der Waals surface area contributed by atoms with Crippen LogP contribution in [-0.2, 0) is 21.2 Å². The molecule has 2 N–H and O–H groups in total. The Labute approximate surface area is 198 Å². The first-order chi connectivity index (χ1) is 15.2. The van der Waals surface area contributed by atoms with Crippen molar-refractivity contribution in [2.24, 2.45) is 0 Å². The van der Waals surface area contributed by atoms with Crippen LogP contribution < -0.4 is 10.0 Å². The number of benzene rings is 3. The zero-order chi connectivity index (χ0) is 23.3. The summed E-state index contributed by atoms with van der Waals surface area (Å²) in [6.07, 6.45) is 0.832. The first kappa shape index (κ1) is 24.2. The Morgan fingerprint density at radius 3 is 2.16 bits per heavy atom. The van der Waals surface area contributed by atoms with Gasteiger partial charge in [-0.05, 0) is 73.7 Å². The molecule has 0 saturated heterocycles. The van der Waals surface area contributed by atoms with Crippen molar-refractivity contribution in [3.63, 3.8) is 0 Å². The number of nitrogens with one attached hydrogen (secondary N) is 2. The lowest BCUT2D eigenvalue weighted by Gasteiger charge is -2.15. The third-order valence-corrected chi connectivity index (χ3v) is 7.28. The van der Waals surface area contributed by atoms with E-state index in [1.807, 2.05) is 63.2 Å². The molecule has 0 aromatic heterocycles. The quantitative estimate of drug-likeness (QED) is 0.406. The molecular formula is C25H27BrN2O3S. The Kier molecular flexibility index (Phi) is 7.87. The summed E-state index contributed by atoms with van der Waals surface area (Å²) < 4.78 is 29.1. The summed E-state index contributed by atoms with van der Waals surface area (Å²) in [5.74, 6) is -0.0754. The van der Waals surface area contributed by atoms with Crippen LogP contribution >= 0.6 is 15.9 Å². The number of hydrogen-bond acceptors (Lipinski definition) is 3. The molecule has 0 aliphatic heterocycles. The highest BCUT2D eigenvalue weighted by Crippen LogP contribution is 2.25. The maximum absolute atomic E-state index is 12.7. The molecule has 7 heteroatoms. The highest BCUT2D eigenvalue weighted by molar-refractivity contribution is 9.10. The van der Waals surface area contributed by atoms with Gasteiger partial charge >= 0.3 is 0 Å². The summed E-state index contributed by atoms with van der Waals surface area (Å²) in [5.41, 5.74) is 4.63. The Balaban J connectivity index is 1.59. The maximum Gasteiger partial charge on any atom is 0.241 e. The lowest BCUT2D eigenvalue weighted by molar-refractivity contribution is -0.116. The summed E-state index contributed by atoms with van der Waals surface area (Å²) >= 11 is 3.46. The van der Waals surface area contributed by atoms with E-state index >= 15 is 0 Å². The SMILES string of the molecule is Cc1cc(Br)cc(C)c1NC(=O)CCc1ccc(S(=O)(=O)N[C@@H](C)c2ccccc2)cc1. The predicted octanol–water partition coefficient (Wildman–Crippen LogP) is 5.68. The van der Waals surface area contributed by atoms with Gasteiger partial charge in [-0.25, -0.2) is 13.1 Å². The number of rotatable bonds is 8. The fourth-order valence-corrected chi connectivity index (χ4v) is 5.43. The van der Waals surface area contributed by atoms with Crippen LogP contribution in [0, 0.1) is 13.8 Å². The van der Waals surface area contributed by atoms with E-state index in [9.17, 15) is 13.2 Å². The van der Waals surface area contributed by atoms with Gasteiger partial charge in [0.05, 0.1) is 4.90 Å². The highest BCUT2D eigenvalue weighted by atomic mass is 79.9. The minimum Gasteiger partial charge on any atom is -0.326 e. The van der Waals surface area contributed by atoms with E-state index in [0.717, 1.165) is 32.4 Å². The van der Waals surface area contributed by atoms with Crippen LogP contribution in [0.4, 0.5) is 5.69 Å². The molecule has 3 aromatic rings. The number of sulfonamides is 1. The van der Waals surface area contributed by atoms with Crippen molar-refractivity contribution in [2.75, 3.05) is 5.32 Å². The average Bonchev–Trinajstić information content (AvgIpc) is 2.75. The maximum atomic E-state index is 12.7. The molecule has 0 aliphatic carbocycles. The molecule has 1 atom stereocenters. The zero-order valence-electron chi connectivity index (χ0n) is 18.4. The summed E-state index contributed by atoms with van der Waals surface area (Å²) in [7, 11) is -3.64. The number of halogens is 1. The lowest BCUT2D eigenvalue weighted by Crippen LogP contribution is -2.26. The molecule has 0 aliphatic rings. The van der Waals surface area contributed by atoms with Crippen LogP contribution in [-0.4, -0.2) is 14.3 Å². The topological polar surface area (TPSA) is 75.3 Å². The third-order valence-electron chi connectivity index (χ3n) is 5.27. The fraction of sp³-hybridized carbons (Fsp3) is 0.240. The van der Waals surface area contributed by atoms with Gasteiger partial charge in [0.25, 0.3) is 0 Å². The number of carbonyl (C=O) groups excluding carboxylic acids is 1. The van der Waals surface area contributed by atoms with Crippen LogP contribution in [0.3, 0.4) is 0 Å². The molecule has 3 aromatic carbocycles. The largest absolute Gasteiger partial charge is 0.326 e. The molecule has 0 spiro atoms. The van der Waals surface area contributed by atoms with E-state index in [1.54, 1.807) is 24.3 Å². The van der Waals surface area contributed by atoms with E-state index in [-0.39, 0.29) is 16.8 Å². The number of hydrogen-bond donors (Lipinski definition) is 2. The standard InChI is InChI=1S/C25H27BrN2O3S/c1-17-15-22(26)16-18(2)25(17)27-24(29)14-11-20-9-12-23(13-10-20)32(30,31)28-19(3)21-7-5-4-6-8-21/h4-10,12-13,15-16,19,28H,11,14H2,1-3H3,(H,27,29)/t19-/m0/s1. The predicted molar refractivity (Wildman–Crippen MR) is 132 cm³/mol. The van der Waals surface area contributed by atoms with Crippen LogP contribution in [0.15, 0.2) is 76.1 Å². The fourth-order valence-electron chi connectivity index (χ4n) is 3.51. The molecule has 0 unspecified atom stereocenters. The molecule has 32 heavy (non-hydrogen) atoms. The van der Waals surface area contributed by atoms with Gasteiger partial charge in [-0.15, -0.1) is 0 Å². The molecule has 0 bridgehead atoms. The number of aryl methyl sites for hydroxylation is 3. The van der Waals surface area contributed by atoms with Crippen LogP contribution in [0.5, 0.6) is 0 Å². The minimum atomic E-state index is -3.64. The summed E-state index contributed by atoms with van der Waals surface area (Å²) in [4.78, 5) is 12.6. The molecule has 0 saturated carbocycles. The van der Waals surface area contributed by atoms with E-state index in [4.69, 9.17) is 0 Å². The smallest absolute Gasteiger partial charge is 0.241 e. The second-order valence-corrected chi connectivity index (χ2v) is 10.5. The minimum absolute atomic E-state index is 0.0754. The number of carbonyl (C=O) groups is 1. The van der Waals surface area contributed by atoms with Gasteiger partial charge in [-0.2, -0.15) is 0 Å². The molecule has 0 fully saturated rings. The van der Waals surface area contributed by atoms with E-state index < -0.39 is 10.0 Å². The third kappa shape index (κ3) is 6.28. The van der Waals surface area contributed by atoms with Gasteiger partial charge < -0.3 is 5.32 Å². The van der Waals surface area contributed by atoms with Crippen LogP contribution in [0.25, 0.3) is 0 Å². The van der Waals surface area contributed by atoms with Gasteiger partial charge in [-0.3, -0.25) is 4.79 Å². The first-order valence-electron chi connectivity index (χ1n) is 10.4. The van der Waals surface area contributed by atoms with Crippen LogP contribution in [0.1, 0.15) is 41.6 Å². The molecular weight excluding hydrogens is 488 g/mol. The van der Waals surface area contributed by atoms with Crippen LogP contribution in [0.2, 0.25) is 0 Å². The molecule has 168 valence electrons. The summed E-state index contributed by atoms with van der Waals surface area (Å²) in [5, 5.41) is 2.98. The Hall–Kier alpha value is -2.48. The Morgan fingerprint density at radius 2 is 1.56 bits per heavy atom. The highest BCUT2D eigenvalue weighted by Gasteiger charge is 2.18. The molecule has 0 radical (unpaired) electrons. The summed E-state index contributed by atoms with van der Waals surface area (Å²) in [6, 6.07) is 19.7. The molecule has 0 heterocycles. The van der Waals surface area contributed by atoms with Crippen molar-refractivity contribution in [2.45, 2.75) is 44.6 Å². The van der Waals surface area contributed by atoms with Crippen molar-refractivity contribution < 1.29 is 13.2 Å². The average molecular weight is 515 g/mol. The van der Waals surface area contributed by atoms with Gasteiger partial charge in [0, 0.05) is 22.6 Å². The zero-order valence-corrected chi connectivity index (χ0v) is 20.8. The van der Waals surface area contributed by atoms with Crippen molar-refractivity contribution in [1.82, 2.24) is 4.72 Å². The van der Waals surface area contributed by atoms with Crippen molar-refractivity contribution in [3.8, 4) is 0 Å². The monoisotopic (exact) mass is 514 g/mol. The first-order valence-corrected chi connectivity index (χ1v) is 12.7. The van der Waals surface area contributed by atoms with Crippen molar-refractivity contribution in [1.29, 1.82) is 0 Å². The van der Waals surface area contributed by atoms with Gasteiger partial charge in [0.1, 0.15) is 0 Å². The van der Waals surface area contributed by atoms with Gasteiger partial charge in [0.15, 0.2) is 0 Å². The second-order valence-electron chi connectivity index (χ2n) is 7.86. The van der Waals surface area contributed by atoms with E-state index in [2.05, 4.69) is 26.0 Å². The summed E-state index contributed by atoms with van der Waals surface area (Å²) in [6.45, 7) is 5.73. The second kappa shape index (κ2) is 10.4. The van der Waals surface area contributed by atoms with Crippen molar-refractivity contribution in [3.05, 3.63) is 93.5 Å². The molecule has 5 nitrogen and oxygen atoms in total. The Bertz CT molecular complexity index is 1170. The van der Waals surface area contributed by atoms with E-state index in [0.29, 0.717) is 12.8 Å². The molecule has 3 rings (SSSR count).